The molecule has 1 N–H and O–H groups in total. The minimum Gasteiger partial charge on any atom is -0.474 e. The fourth-order valence-electron chi connectivity index (χ4n) is 2.79. The Morgan fingerprint density at radius 2 is 2.04 bits per heavy atom. The molecule has 1 aliphatic heterocycles. The molecule has 0 bridgehead atoms. The number of nitrogens with zero attached hydrogens (tertiary/aromatic N) is 2. The minimum atomic E-state index is -0.135. The molecule has 3 rings (SSSR count). The number of carbonyl (C=O) groups is 1. The van der Waals surface area contributed by atoms with E-state index in [2.05, 4.69) is 22.2 Å². The highest BCUT2D eigenvalue weighted by atomic mass is 16.5. The van der Waals surface area contributed by atoms with Crippen LogP contribution in [0.2, 0.25) is 0 Å². The number of nitrogens with one attached hydrogen (secondary N) is 1. The smallest absolute Gasteiger partial charge is 0.255 e. The van der Waals surface area contributed by atoms with E-state index in [1.54, 1.807) is 12.3 Å². The summed E-state index contributed by atoms with van der Waals surface area (Å²) in [4.78, 5) is 18.8. The summed E-state index contributed by atoms with van der Waals surface area (Å²) in [7, 11) is 2.13. The average molecular weight is 325 g/mol. The Balaban J connectivity index is 1.57. The molecular weight excluding hydrogens is 302 g/mol. The lowest BCUT2D eigenvalue weighted by Crippen LogP contribution is -2.35. The Hall–Kier alpha value is -2.40. The number of hydrogen-bond donors (Lipinski definition) is 1. The fraction of sp³-hybridized carbons (Fsp3) is 0.368. The van der Waals surface area contributed by atoms with Crippen molar-refractivity contribution in [3.8, 4) is 5.88 Å². The number of ether oxygens (including phenoxy) is 1. The van der Waals surface area contributed by atoms with E-state index in [0.717, 1.165) is 31.5 Å². The van der Waals surface area contributed by atoms with Crippen molar-refractivity contribution in [3.05, 3.63) is 53.7 Å². The Kier molecular flexibility index (Phi) is 5.11. The number of aryl methyl sites for hydroxylation is 1. The third-order valence-electron chi connectivity index (χ3n) is 4.23. The molecule has 1 amide bonds. The number of piperidine rings is 1. The topological polar surface area (TPSA) is 54.5 Å². The molecule has 0 spiro atoms. The maximum Gasteiger partial charge on any atom is 0.255 e. The Morgan fingerprint density at radius 1 is 1.25 bits per heavy atom. The summed E-state index contributed by atoms with van der Waals surface area (Å²) >= 11 is 0. The van der Waals surface area contributed by atoms with Gasteiger partial charge in [-0.2, -0.15) is 0 Å². The Bertz CT molecular complexity index is 692. The van der Waals surface area contributed by atoms with Gasteiger partial charge in [0.05, 0.1) is 11.9 Å². The van der Waals surface area contributed by atoms with Crippen molar-refractivity contribution in [2.75, 3.05) is 25.5 Å². The van der Waals surface area contributed by atoms with Crippen LogP contribution in [-0.2, 0) is 0 Å². The molecule has 0 aliphatic carbocycles. The van der Waals surface area contributed by atoms with Gasteiger partial charge in [-0.25, -0.2) is 4.98 Å². The van der Waals surface area contributed by atoms with Crippen molar-refractivity contribution in [1.82, 2.24) is 9.88 Å². The minimum absolute atomic E-state index is 0.135. The standard InChI is InChI=1S/C19H23N3O2/c1-14-4-3-5-15(12-14)19(23)21-16-6-7-18(20-13-16)24-17-8-10-22(2)11-9-17/h3-7,12-13,17H,8-11H2,1-2H3,(H,21,23). The van der Waals surface area contributed by atoms with Gasteiger partial charge in [-0.1, -0.05) is 17.7 Å². The van der Waals surface area contributed by atoms with Gasteiger partial charge >= 0.3 is 0 Å². The van der Waals surface area contributed by atoms with Crippen molar-refractivity contribution in [2.24, 2.45) is 0 Å². The molecule has 0 atom stereocenters. The first-order valence-electron chi connectivity index (χ1n) is 8.29. The summed E-state index contributed by atoms with van der Waals surface area (Å²) in [5.74, 6) is 0.475. The molecule has 0 saturated carbocycles. The molecule has 126 valence electrons. The maximum absolute atomic E-state index is 12.2. The number of benzene rings is 1. The lowest BCUT2D eigenvalue weighted by atomic mass is 10.1. The van der Waals surface area contributed by atoms with Crippen LogP contribution < -0.4 is 10.1 Å². The van der Waals surface area contributed by atoms with Crippen molar-refractivity contribution in [1.29, 1.82) is 0 Å². The molecule has 1 aliphatic rings. The fourth-order valence-corrected chi connectivity index (χ4v) is 2.79. The predicted octanol–water partition coefficient (Wildman–Crippen LogP) is 3.12. The monoisotopic (exact) mass is 325 g/mol. The first-order valence-corrected chi connectivity index (χ1v) is 8.29. The molecule has 2 heterocycles. The lowest BCUT2D eigenvalue weighted by molar-refractivity contribution is 0.102. The summed E-state index contributed by atoms with van der Waals surface area (Å²) in [5.41, 5.74) is 2.36. The van der Waals surface area contributed by atoms with Gasteiger partial charge < -0.3 is 15.0 Å². The van der Waals surface area contributed by atoms with E-state index in [9.17, 15) is 4.79 Å². The number of rotatable bonds is 4. The van der Waals surface area contributed by atoms with E-state index in [1.165, 1.54) is 0 Å². The molecule has 5 heteroatoms. The van der Waals surface area contributed by atoms with Crippen LogP contribution in [0.3, 0.4) is 0 Å². The van der Waals surface area contributed by atoms with E-state index in [4.69, 9.17) is 4.74 Å². The second kappa shape index (κ2) is 7.45. The highest BCUT2D eigenvalue weighted by Crippen LogP contribution is 2.18. The lowest BCUT2D eigenvalue weighted by Gasteiger charge is -2.28. The Labute approximate surface area is 142 Å². The summed E-state index contributed by atoms with van der Waals surface area (Å²) in [6.07, 6.45) is 3.90. The zero-order chi connectivity index (χ0) is 16.9. The average Bonchev–Trinajstić information content (AvgIpc) is 2.59. The van der Waals surface area contributed by atoms with Crippen LogP contribution in [-0.4, -0.2) is 42.0 Å². The quantitative estimate of drug-likeness (QED) is 0.938. The van der Waals surface area contributed by atoms with Crippen LogP contribution in [0.1, 0.15) is 28.8 Å². The van der Waals surface area contributed by atoms with Crippen LogP contribution in [0.25, 0.3) is 0 Å². The third kappa shape index (κ3) is 4.32. The van der Waals surface area contributed by atoms with Crippen molar-refractivity contribution < 1.29 is 9.53 Å². The molecular formula is C19H23N3O2. The number of hydrogen-bond acceptors (Lipinski definition) is 4. The molecule has 1 aromatic heterocycles. The van der Waals surface area contributed by atoms with Gasteiger partial charge in [0.15, 0.2) is 0 Å². The van der Waals surface area contributed by atoms with Crippen LogP contribution in [0.4, 0.5) is 5.69 Å². The van der Waals surface area contributed by atoms with Gasteiger partial charge in [-0.3, -0.25) is 4.79 Å². The van der Waals surface area contributed by atoms with Crippen LogP contribution in [0, 0.1) is 6.92 Å². The number of aromatic nitrogens is 1. The Morgan fingerprint density at radius 3 is 2.71 bits per heavy atom. The summed E-state index contributed by atoms with van der Waals surface area (Å²) in [6.45, 7) is 4.07. The van der Waals surface area contributed by atoms with Crippen molar-refractivity contribution in [3.63, 3.8) is 0 Å². The van der Waals surface area contributed by atoms with Gasteiger partial charge in [0.2, 0.25) is 5.88 Å². The number of amides is 1. The first-order chi connectivity index (χ1) is 11.6. The highest BCUT2D eigenvalue weighted by Gasteiger charge is 2.18. The van der Waals surface area contributed by atoms with E-state index in [1.807, 2.05) is 37.3 Å². The molecule has 1 aromatic carbocycles. The highest BCUT2D eigenvalue weighted by molar-refractivity contribution is 6.04. The summed E-state index contributed by atoms with van der Waals surface area (Å²) in [6, 6.07) is 11.1. The number of anilines is 1. The zero-order valence-corrected chi connectivity index (χ0v) is 14.2. The van der Waals surface area contributed by atoms with E-state index in [-0.39, 0.29) is 12.0 Å². The van der Waals surface area contributed by atoms with E-state index < -0.39 is 0 Å². The molecule has 5 nitrogen and oxygen atoms in total. The molecule has 0 unspecified atom stereocenters. The van der Waals surface area contributed by atoms with Gasteiger partial charge in [0.1, 0.15) is 6.10 Å². The molecule has 24 heavy (non-hydrogen) atoms. The van der Waals surface area contributed by atoms with Crippen molar-refractivity contribution in [2.45, 2.75) is 25.9 Å². The van der Waals surface area contributed by atoms with Crippen LogP contribution >= 0.6 is 0 Å². The largest absolute Gasteiger partial charge is 0.474 e. The third-order valence-corrected chi connectivity index (χ3v) is 4.23. The van der Waals surface area contributed by atoms with E-state index in [0.29, 0.717) is 17.1 Å². The molecule has 1 saturated heterocycles. The van der Waals surface area contributed by atoms with E-state index >= 15 is 0 Å². The number of carbonyl (C=O) groups excluding carboxylic acids is 1. The molecule has 1 fully saturated rings. The number of pyridine rings is 1. The number of likely N-dealkylation sites (tertiary alicyclic amines) is 1. The van der Waals surface area contributed by atoms with Gasteiger partial charge in [-0.15, -0.1) is 0 Å². The second-order valence-electron chi connectivity index (χ2n) is 6.33. The van der Waals surface area contributed by atoms with Crippen LogP contribution in [0.5, 0.6) is 5.88 Å². The predicted molar refractivity (Wildman–Crippen MR) is 94.5 cm³/mol. The van der Waals surface area contributed by atoms with Crippen molar-refractivity contribution >= 4 is 11.6 Å². The van der Waals surface area contributed by atoms with Gasteiger partial charge in [0, 0.05) is 24.7 Å². The molecule has 2 aromatic rings. The first kappa shape index (κ1) is 16.5. The normalized spacial score (nSPS) is 15.9. The summed E-state index contributed by atoms with van der Waals surface area (Å²) < 4.78 is 5.91. The van der Waals surface area contributed by atoms with Gasteiger partial charge in [-0.05, 0) is 45.0 Å². The zero-order valence-electron chi connectivity index (χ0n) is 14.2. The molecule has 0 radical (unpaired) electrons. The maximum atomic E-state index is 12.2. The van der Waals surface area contributed by atoms with Gasteiger partial charge in [0.25, 0.3) is 5.91 Å². The second-order valence-corrected chi connectivity index (χ2v) is 6.33. The summed E-state index contributed by atoms with van der Waals surface area (Å²) in [5, 5.41) is 2.86. The SMILES string of the molecule is Cc1cccc(C(=O)Nc2ccc(OC3CCN(C)CC3)nc2)c1. The van der Waals surface area contributed by atoms with Crippen LogP contribution in [0.15, 0.2) is 42.6 Å².